The lowest BCUT2D eigenvalue weighted by atomic mass is 10.3. The van der Waals surface area contributed by atoms with Gasteiger partial charge in [-0.05, 0) is 13.0 Å². The minimum atomic E-state index is -0.139. The first kappa shape index (κ1) is 10.3. The lowest BCUT2D eigenvalue weighted by Crippen LogP contribution is -2.29. The number of aryl methyl sites for hydroxylation is 1. The maximum atomic E-state index is 11.5. The van der Waals surface area contributed by atoms with Gasteiger partial charge in [-0.15, -0.1) is 0 Å². The van der Waals surface area contributed by atoms with E-state index >= 15 is 0 Å². The number of carbonyl (C=O) groups excluding carboxylic acids is 1. The Kier molecular flexibility index (Phi) is 2.58. The smallest absolute Gasteiger partial charge is 0.233 e. The van der Waals surface area contributed by atoms with Gasteiger partial charge in [0.1, 0.15) is 5.15 Å². The molecule has 1 unspecified atom stereocenters. The molecular weight excluding hydrogens is 216 g/mol. The van der Waals surface area contributed by atoms with Crippen molar-refractivity contribution >= 4 is 23.5 Å². The van der Waals surface area contributed by atoms with E-state index in [1.54, 1.807) is 13.0 Å². The molecule has 0 aromatic carbocycles. The van der Waals surface area contributed by atoms with Crippen LogP contribution in [0.3, 0.4) is 0 Å². The Morgan fingerprint density at radius 2 is 2.33 bits per heavy atom. The van der Waals surface area contributed by atoms with E-state index in [1.165, 1.54) is 4.90 Å². The molecule has 1 aliphatic rings. The van der Waals surface area contributed by atoms with Gasteiger partial charge in [0.2, 0.25) is 11.9 Å². The summed E-state index contributed by atoms with van der Waals surface area (Å²) in [6.07, 6.45) is 0.342. The Bertz CT molecular complexity index is 389. The summed E-state index contributed by atoms with van der Waals surface area (Å²) in [5, 5.41) is 0.339. The molecular formula is C9H11ClN4O. The first-order chi connectivity index (χ1) is 7.06. The van der Waals surface area contributed by atoms with Crippen molar-refractivity contribution in [1.29, 1.82) is 0 Å². The largest absolute Gasteiger partial charge is 0.326 e. The van der Waals surface area contributed by atoms with Crippen molar-refractivity contribution in [3.8, 4) is 0 Å². The van der Waals surface area contributed by atoms with Crippen molar-refractivity contribution in [2.75, 3.05) is 11.4 Å². The molecule has 2 heterocycles. The normalized spacial score (nSPS) is 21.1. The highest BCUT2D eigenvalue weighted by molar-refractivity contribution is 6.29. The molecule has 5 nitrogen and oxygen atoms in total. The molecule has 1 fully saturated rings. The standard InChI is InChI=1S/C9H11ClN4O/c1-5-2-7(10)13-9(12-5)14-4-6(11)3-8(14)15/h2,6H,3-4,11H2,1H3. The Hall–Kier alpha value is -1.20. The minimum Gasteiger partial charge on any atom is -0.326 e. The quantitative estimate of drug-likeness (QED) is 0.708. The van der Waals surface area contributed by atoms with Gasteiger partial charge >= 0.3 is 0 Å². The van der Waals surface area contributed by atoms with Gasteiger partial charge in [-0.2, -0.15) is 0 Å². The van der Waals surface area contributed by atoms with Crippen molar-refractivity contribution in [3.05, 3.63) is 16.9 Å². The zero-order chi connectivity index (χ0) is 11.0. The summed E-state index contributed by atoms with van der Waals surface area (Å²) in [7, 11) is 0. The lowest BCUT2D eigenvalue weighted by Gasteiger charge is -2.13. The maximum absolute atomic E-state index is 11.5. The van der Waals surface area contributed by atoms with Crippen LogP contribution in [0.5, 0.6) is 0 Å². The third-order valence-electron chi connectivity index (χ3n) is 2.21. The van der Waals surface area contributed by atoms with Crippen molar-refractivity contribution in [2.45, 2.75) is 19.4 Å². The van der Waals surface area contributed by atoms with E-state index < -0.39 is 0 Å². The molecule has 1 aromatic heterocycles. The fraction of sp³-hybridized carbons (Fsp3) is 0.444. The van der Waals surface area contributed by atoms with Crippen molar-refractivity contribution in [2.24, 2.45) is 5.73 Å². The summed E-state index contributed by atoms with van der Waals surface area (Å²) in [6, 6.07) is 1.51. The fourth-order valence-electron chi connectivity index (χ4n) is 1.56. The van der Waals surface area contributed by atoms with Gasteiger partial charge in [-0.25, -0.2) is 9.97 Å². The Labute approximate surface area is 92.3 Å². The second-order valence-electron chi connectivity index (χ2n) is 3.60. The van der Waals surface area contributed by atoms with Crippen LogP contribution in [-0.2, 0) is 4.79 Å². The molecule has 1 aliphatic heterocycles. The Morgan fingerprint density at radius 1 is 1.60 bits per heavy atom. The third-order valence-corrected chi connectivity index (χ3v) is 2.40. The number of halogens is 1. The molecule has 2 N–H and O–H groups in total. The van der Waals surface area contributed by atoms with Crippen LogP contribution in [0.25, 0.3) is 0 Å². The molecule has 80 valence electrons. The SMILES string of the molecule is Cc1cc(Cl)nc(N2CC(N)CC2=O)n1. The highest BCUT2D eigenvalue weighted by atomic mass is 35.5. The molecule has 0 saturated carbocycles. The van der Waals surface area contributed by atoms with Crippen LogP contribution < -0.4 is 10.6 Å². The number of hydrogen-bond acceptors (Lipinski definition) is 4. The number of hydrogen-bond donors (Lipinski definition) is 1. The van der Waals surface area contributed by atoms with Crippen LogP contribution in [0.4, 0.5) is 5.95 Å². The number of nitrogens with zero attached hydrogens (tertiary/aromatic N) is 3. The summed E-state index contributed by atoms with van der Waals surface area (Å²) in [5.41, 5.74) is 6.41. The van der Waals surface area contributed by atoms with Gasteiger partial charge in [-0.1, -0.05) is 11.6 Å². The molecule has 2 rings (SSSR count). The zero-order valence-electron chi connectivity index (χ0n) is 8.27. The zero-order valence-corrected chi connectivity index (χ0v) is 9.03. The molecule has 15 heavy (non-hydrogen) atoms. The van der Waals surface area contributed by atoms with Crippen LogP contribution >= 0.6 is 11.6 Å². The first-order valence-corrected chi connectivity index (χ1v) is 5.01. The molecule has 0 spiro atoms. The van der Waals surface area contributed by atoms with Gasteiger partial charge in [0.15, 0.2) is 0 Å². The summed E-state index contributed by atoms with van der Waals surface area (Å²) in [5.74, 6) is 0.294. The predicted octanol–water partition coefficient (Wildman–Crippen LogP) is 0.502. The van der Waals surface area contributed by atoms with E-state index in [0.29, 0.717) is 24.1 Å². The maximum Gasteiger partial charge on any atom is 0.233 e. The molecule has 1 atom stereocenters. The summed E-state index contributed by atoms with van der Waals surface area (Å²) in [6.45, 7) is 2.26. The molecule has 0 bridgehead atoms. The van der Waals surface area contributed by atoms with E-state index in [2.05, 4.69) is 9.97 Å². The van der Waals surface area contributed by atoms with Gasteiger partial charge in [0, 0.05) is 24.7 Å². The molecule has 1 amide bonds. The molecule has 1 aromatic rings. The minimum absolute atomic E-state index is 0.0517. The Balaban J connectivity index is 2.33. The van der Waals surface area contributed by atoms with Gasteiger partial charge in [0.05, 0.1) is 0 Å². The van der Waals surface area contributed by atoms with Crippen molar-refractivity contribution in [1.82, 2.24) is 9.97 Å². The topological polar surface area (TPSA) is 72.1 Å². The summed E-state index contributed by atoms with van der Waals surface area (Å²) >= 11 is 5.79. The van der Waals surface area contributed by atoms with Gasteiger partial charge in [-0.3, -0.25) is 9.69 Å². The van der Waals surface area contributed by atoms with Gasteiger partial charge < -0.3 is 5.73 Å². The summed E-state index contributed by atoms with van der Waals surface area (Å²) < 4.78 is 0. The van der Waals surface area contributed by atoms with Crippen LogP contribution in [0.1, 0.15) is 12.1 Å². The monoisotopic (exact) mass is 226 g/mol. The van der Waals surface area contributed by atoms with E-state index in [1.807, 2.05) is 0 Å². The van der Waals surface area contributed by atoms with Crippen LogP contribution in [0, 0.1) is 6.92 Å². The number of aromatic nitrogens is 2. The van der Waals surface area contributed by atoms with Crippen molar-refractivity contribution < 1.29 is 4.79 Å². The molecule has 6 heteroatoms. The second kappa shape index (κ2) is 3.75. The van der Waals surface area contributed by atoms with E-state index in [4.69, 9.17) is 17.3 Å². The van der Waals surface area contributed by atoms with Crippen molar-refractivity contribution in [3.63, 3.8) is 0 Å². The van der Waals surface area contributed by atoms with E-state index in [0.717, 1.165) is 5.69 Å². The fourth-order valence-corrected chi connectivity index (χ4v) is 1.80. The summed E-state index contributed by atoms with van der Waals surface area (Å²) in [4.78, 5) is 21.2. The van der Waals surface area contributed by atoms with E-state index in [-0.39, 0.29) is 11.9 Å². The number of carbonyl (C=O) groups is 1. The lowest BCUT2D eigenvalue weighted by molar-refractivity contribution is -0.117. The molecule has 1 saturated heterocycles. The number of rotatable bonds is 1. The van der Waals surface area contributed by atoms with Crippen LogP contribution in [0.2, 0.25) is 5.15 Å². The predicted molar refractivity (Wildman–Crippen MR) is 56.7 cm³/mol. The average Bonchev–Trinajstić information content (AvgIpc) is 2.43. The number of amides is 1. The third kappa shape index (κ3) is 2.08. The Morgan fingerprint density at radius 3 is 2.87 bits per heavy atom. The van der Waals surface area contributed by atoms with Crippen LogP contribution in [0.15, 0.2) is 6.07 Å². The second-order valence-corrected chi connectivity index (χ2v) is 3.99. The van der Waals surface area contributed by atoms with E-state index in [9.17, 15) is 4.79 Å². The first-order valence-electron chi connectivity index (χ1n) is 4.63. The van der Waals surface area contributed by atoms with Crippen LogP contribution in [-0.4, -0.2) is 28.5 Å². The average molecular weight is 227 g/mol. The highest BCUT2D eigenvalue weighted by Gasteiger charge is 2.30. The van der Waals surface area contributed by atoms with Gasteiger partial charge in [0.25, 0.3) is 0 Å². The highest BCUT2D eigenvalue weighted by Crippen LogP contribution is 2.19. The molecule has 0 radical (unpaired) electrons. The number of nitrogens with two attached hydrogens (primary N) is 1. The number of anilines is 1. The molecule has 0 aliphatic carbocycles.